The average Bonchev–Trinajstić information content (AvgIpc) is 2.93. The quantitative estimate of drug-likeness (QED) is 0.814. The summed E-state index contributed by atoms with van der Waals surface area (Å²) in [6, 6.07) is 8.09. The van der Waals surface area contributed by atoms with E-state index in [0.717, 1.165) is 17.5 Å². The Bertz CT molecular complexity index is 337. The van der Waals surface area contributed by atoms with Crippen LogP contribution in [0.2, 0.25) is 5.02 Å². The summed E-state index contributed by atoms with van der Waals surface area (Å²) in [5.74, 6) is 0.729. The molecule has 1 aliphatic carbocycles. The van der Waals surface area contributed by atoms with Crippen molar-refractivity contribution in [2.45, 2.75) is 25.2 Å². The Kier molecular flexibility index (Phi) is 2.54. The molecule has 0 aliphatic heterocycles. The highest BCUT2D eigenvalue weighted by atomic mass is 35.5. The Hall–Kier alpha value is -0.530. The van der Waals surface area contributed by atoms with E-state index in [-0.39, 0.29) is 5.41 Å². The Balaban J connectivity index is 2.35. The largest absolute Gasteiger partial charge is 0.330 e. The van der Waals surface area contributed by atoms with Crippen LogP contribution in [0.5, 0.6) is 0 Å². The highest BCUT2D eigenvalue weighted by molar-refractivity contribution is 6.31. The molecule has 14 heavy (non-hydrogen) atoms. The zero-order valence-corrected chi connectivity index (χ0v) is 9.22. The Morgan fingerprint density at radius 3 is 2.71 bits per heavy atom. The predicted molar refractivity (Wildman–Crippen MR) is 60.6 cm³/mol. The van der Waals surface area contributed by atoms with Crippen LogP contribution in [0.4, 0.5) is 0 Å². The van der Waals surface area contributed by atoms with Crippen molar-refractivity contribution in [3.05, 3.63) is 34.9 Å². The monoisotopic (exact) mass is 209 g/mol. The predicted octanol–water partition coefficient (Wildman–Crippen LogP) is 2.97. The second-order valence-electron chi connectivity index (χ2n) is 4.15. The minimum atomic E-state index is 0.188. The molecule has 2 N–H and O–H groups in total. The molecule has 1 aromatic carbocycles. The summed E-state index contributed by atoms with van der Waals surface area (Å²) >= 11 is 6.19. The van der Waals surface area contributed by atoms with E-state index in [9.17, 15) is 0 Å². The van der Waals surface area contributed by atoms with E-state index >= 15 is 0 Å². The molecular formula is C12H16ClN. The maximum atomic E-state index is 6.19. The Labute approximate surface area is 90.3 Å². The highest BCUT2D eigenvalue weighted by Gasteiger charge is 2.53. The fourth-order valence-corrected chi connectivity index (χ4v) is 2.79. The standard InChI is InChI=1S/C12H16ClN/c1-2-9-7-12(9,8-14)10-5-3-4-6-11(10)13/h3-6,9H,2,7-8,14H2,1H3. The zero-order valence-electron chi connectivity index (χ0n) is 8.46. The van der Waals surface area contributed by atoms with E-state index in [0.29, 0.717) is 0 Å². The van der Waals surface area contributed by atoms with Crippen molar-refractivity contribution >= 4 is 11.6 Å². The first-order valence-electron chi connectivity index (χ1n) is 5.19. The van der Waals surface area contributed by atoms with Gasteiger partial charge in [-0.25, -0.2) is 0 Å². The Morgan fingerprint density at radius 1 is 1.50 bits per heavy atom. The van der Waals surface area contributed by atoms with E-state index in [1.165, 1.54) is 18.4 Å². The van der Waals surface area contributed by atoms with Gasteiger partial charge < -0.3 is 5.73 Å². The van der Waals surface area contributed by atoms with Gasteiger partial charge in [0.15, 0.2) is 0 Å². The molecule has 2 atom stereocenters. The van der Waals surface area contributed by atoms with E-state index in [1.807, 2.05) is 18.2 Å². The van der Waals surface area contributed by atoms with E-state index in [1.54, 1.807) is 0 Å². The molecule has 0 bridgehead atoms. The Morgan fingerprint density at radius 2 is 2.21 bits per heavy atom. The van der Waals surface area contributed by atoms with Crippen LogP contribution in [0.15, 0.2) is 24.3 Å². The third-order valence-electron chi connectivity index (χ3n) is 3.50. The smallest absolute Gasteiger partial charge is 0.0444 e. The summed E-state index contributed by atoms with van der Waals surface area (Å²) in [7, 11) is 0. The number of nitrogens with two attached hydrogens (primary N) is 1. The van der Waals surface area contributed by atoms with Gasteiger partial charge >= 0.3 is 0 Å². The average molecular weight is 210 g/mol. The van der Waals surface area contributed by atoms with Gasteiger partial charge in [0, 0.05) is 17.0 Å². The summed E-state index contributed by atoms with van der Waals surface area (Å²) in [6.07, 6.45) is 2.39. The molecule has 0 aromatic heterocycles. The fourth-order valence-electron chi connectivity index (χ4n) is 2.47. The van der Waals surface area contributed by atoms with Gasteiger partial charge in [0.05, 0.1) is 0 Å². The highest BCUT2D eigenvalue weighted by Crippen LogP contribution is 2.56. The van der Waals surface area contributed by atoms with Gasteiger partial charge in [0.1, 0.15) is 0 Å². The van der Waals surface area contributed by atoms with E-state index < -0.39 is 0 Å². The molecule has 1 saturated carbocycles. The van der Waals surface area contributed by atoms with Crippen LogP contribution in [0.3, 0.4) is 0 Å². The van der Waals surface area contributed by atoms with Crippen molar-refractivity contribution in [2.75, 3.05) is 6.54 Å². The van der Waals surface area contributed by atoms with Gasteiger partial charge in [-0.05, 0) is 24.0 Å². The minimum absolute atomic E-state index is 0.188. The molecule has 0 spiro atoms. The summed E-state index contributed by atoms with van der Waals surface area (Å²) in [6.45, 7) is 2.94. The summed E-state index contributed by atoms with van der Waals surface area (Å²) in [5.41, 5.74) is 7.31. The molecule has 0 saturated heterocycles. The normalized spacial score (nSPS) is 30.4. The van der Waals surface area contributed by atoms with Crippen molar-refractivity contribution in [1.29, 1.82) is 0 Å². The van der Waals surface area contributed by atoms with Crippen LogP contribution >= 0.6 is 11.6 Å². The van der Waals surface area contributed by atoms with Crippen LogP contribution in [0.1, 0.15) is 25.3 Å². The van der Waals surface area contributed by atoms with Crippen molar-refractivity contribution < 1.29 is 0 Å². The lowest BCUT2D eigenvalue weighted by Gasteiger charge is -2.16. The van der Waals surface area contributed by atoms with Crippen LogP contribution in [0.25, 0.3) is 0 Å². The number of halogens is 1. The molecule has 2 unspecified atom stereocenters. The molecule has 1 fully saturated rings. The van der Waals surface area contributed by atoms with Crippen LogP contribution in [0, 0.1) is 5.92 Å². The summed E-state index contributed by atoms with van der Waals surface area (Å²) < 4.78 is 0. The third kappa shape index (κ3) is 1.35. The molecule has 2 rings (SSSR count). The molecular weight excluding hydrogens is 194 g/mol. The van der Waals surface area contributed by atoms with Crippen molar-refractivity contribution in [1.82, 2.24) is 0 Å². The van der Waals surface area contributed by atoms with Gasteiger partial charge in [-0.3, -0.25) is 0 Å². The van der Waals surface area contributed by atoms with Gasteiger partial charge in [-0.1, -0.05) is 43.1 Å². The number of hydrogen-bond acceptors (Lipinski definition) is 1. The van der Waals surface area contributed by atoms with Gasteiger partial charge in [0.2, 0.25) is 0 Å². The van der Waals surface area contributed by atoms with Gasteiger partial charge in [-0.2, -0.15) is 0 Å². The van der Waals surface area contributed by atoms with Crippen LogP contribution < -0.4 is 5.73 Å². The number of hydrogen-bond donors (Lipinski definition) is 1. The maximum Gasteiger partial charge on any atom is 0.0444 e. The van der Waals surface area contributed by atoms with Crippen molar-refractivity contribution in [3.8, 4) is 0 Å². The molecule has 1 nitrogen and oxygen atoms in total. The second-order valence-corrected chi connectivity index (χ2v) is 4.56. The lowest BCUT2D eigenvalue weighted by molar-refractivity contribution is 0.600. The summed E-state index contributed by atoms with van der Waals surface area (Å²) in [5, 5.41) is 0.869. The lowest BCUT2D eigenvalue weighted by atomic mass is 9.92. The number of benzene rings is 1. The lowest BCUT2D eigenvalue weighted by Crippen LogP contribution is -2.22. The molecule has 1 aliphatic rings. The van der Waals surface area contributed by atoms with Gasteiger partial charge in [0.25, 0.3) is 0 Å². The SMILES string of the molecule is CCC1CC1(CN)c1ccccc1Cl. The first-order chi connectivity index (χ1) is 6.74. The van der Waals surface area contributed by atoms with Crippen molar-refractivity contribution in [2.24, 2.45) is 11.7 Å². The van der Waals surface area contributed by atoms with Gasteiger partial charge in [-0.15, -0.1) is 0 Å². The molecule has 76 valence electrons. The molecule has 0 amide bonds. The fraction of sp³-hybridized carbons (Fsp3) is 0.500. The first kappa shape index (κ1) is 10.0. The van der Waals surface area contributed by atoms with E-state index in [4.69, 9.17) is 17.3 Å². The topological polar surface area (TPSA) is 26.0 Å². The van der Waals surface area contributed by atoms with Crippen molar-refractivity contribution in [3.63, 3.8) is 0 Å². The third-order valence-corrected chi connectivity index (χ3v) is 3.83. The molecule has 0 radical (unpaired) electrons. The number of rotatable bonds is 3. The first-order valence-corrected chi connectivity index (χ1v) is 5.57. The maximum absolute atomic E-state index is 6.19. The van der Waals surface area contributed by atoms with E-state index in [2.05, 4.69) is 13.0 Å². The molecule has 0 heterocycles. The second kappa shape index (κ2) is 3.56. The minimum Gasteiger partial charge on any atom is -0.330 e. The van der Waals surface area contributed by atoms with Crippen LogP contribution in [-0.2, 0) is 5.41 Å². The molecule has 2 heteroatoms. The summed E-state index contributed by atoms with van der Waals surface area (Å²) in [4.78, 5) is 0. The zero-order chi connectivity index (χ0) is 10.2. The molecule has 1 aromatic rings. The van der Waals surface area contributed by atoms with Crippen LogP contribution in [-0.4, -0.2) is 6.54 Å².